The van der Waals surface area contributed by atoms with E-state index in [1.54, 1.807) is 0 Å². The first-order valence-electron chi connectivity index (χ1n) is 7.53. The minimum absolute atomic E-state index is 0.179. The summed E-state index contributed by atoms with van der Waals surface area (Å²) in [7, 11) is 0. The number of nitrogens with zero attached hydrogens (tertiary/aromatic N) is 1. The van der Waals surface area contributed by atoms with E-state index < -0.39 is 6.10 Å². The molecule has 0 saturated heterocycles. The van der Waals surface area contributed by atoms with Gasteiger partial charge in [-0.15, -0.1) is 0 Å². The van der Waals surface area contributed by atoms with Gasteiger partial charge < -0.3 is 4.74 Å². The first-order chi connectivity index (χ1) is 10.3. The Morgan fingerprint density at radius 3 is 2.36 bits per heavy atom. The largest absolute Gasteiger partial charge is 0.363 e. The van der Waals surface area contributed by atoms with Crippen LogP contribution in [0.2, 0.25) is 0 Å². The Hall–Kier alpha value is -1.94. The van der Waals surface area contributed by atoms with E-state index in [9.17, 15) is 10.1 Å². The highest BCUT2D eigenvalue weighted by molar-refractivity contribution is 5.83. The minimum atomic E-state index is -0.427. The van der Waals surface area contributed by atoms with Crippen molar-refractivity contribution in [3.63, 3.8) is 0 Å². The molecular formula is C18H23NO3. The molecule has 0 saturated carbocycles. The zero-order valence-electron chi connectivity index (χ0n) is 13.6. The number of hydrogen-bond acceptors (Lipinski definition) is 3. The number of benzene rings is 2. The van der Waals surface area contributed by atoms with Crippen LogP contribution in [0.1, 0.15) is 39.4 Å². The van der Waals surface area contributed by atoms with Crippen LogP contribution in [0, 0.1) is 15.5 Å². The summed E-state index contributed by atoms with van der Waals surface area (Å²) in [6.07, 6.45) is -0.613. The fourth-order valence-corrected chi connectivity index (χ4v) is 2.44. The molecule has 0 N–H and O–H groups in total. The van der Waals surface area contributed by atoms with Crippen molar-refractivity contribution in [2.24, 2.45) is 5.41 Å². The van der Waals surface area contributed by atoms with E-state index in [1.165, 1.54) is 5.39 Å². The summed E-state index contributed by atoms with van der Waals surface area (Å²) in [6.45, 7) is 7.67. The second kappa shape index (κ2) is 6.44. The van der Waals surface area contributed by atoms with Crippen molar-refractivity contribution in [3.05, 3.63) is 58.1 Å². The number of ether oxygens (including phenoxy) is 1. The van der Waals surface area contributed by atoms with Crippen molar-refractivity contribution in [1.29, 1.82) is 0 Å². The van der Waals surface area contributed by atoms with E-state index in [1.807, 2.05) is 45.9 Å². The van der Waals surface area contributed by atoms with E-state index in [-0.39, 0.29) is 23.0 Å². The summed E-state index contributed by atoms with van der Waals surface area (Å²) in [5.74, 6) is 0. The molecule has 0 aliphatic carbocycles. The maximum absolute atomic E-state index is 10.9. The molecule has 0 heterocycles. The molecule has 2 atom stereocenters. The molecule has 4 nitrogen and oxygen atoms in total. The van der Waals surface area contributed by atoms with Crippen LogP contribution in [0.5, 0.6) is 0 Å². The monoisotopic (exact) mass is 301 g/mol. The molecule has 2 rings (SSSR count). The molecule has 2 aromatic carbocycles. The van der Waals surface area contributed by atoms with Crippen LogP contribution >= 0.6 is 0 Å². The Morgan fingerprint density at radius 1 is 1.14 bits per heavy atom. The zero-order valence-corrected chi connectivity index (χ0v) is 13.6. The molecule has 0 aliphatic heterocycles. The average molecular weight is 301 g/mol. The quantitative estimate of drug-likeness (QED) is 0.598. The van der Waals surface area contributed by atoms with Crippen molar-refractivity contribution in [2.75, 3.05) is 6.54 Å². The van der Waals surface area contributed by atoms with Crippen molar-refractivity contribution in [2.45, 2.75) is 39.9 Å². The molecule has 0 spiro atoms. The first kappa shape index (κ1) is 16.4. The van der Waals surface area contributed by atoms with E-state index in [0.717, 1.165) is 10.9 Å². The van der Waals surface area contributed by atoms with Crippen LogP contribution in [0.15, 0.2) is 42.5 Å². The topological polar surface area (TPSA) is 52.4 Å². The van der Waals surface area contributed by atoms with Gasteiger partial charge >= 0.3 is 0 Å². The summed E-state index contributed by atoms with van der Waals surface area (Å²) in [6, 6.07) is 14.3. The van der Waals surface area contributed by atoms with Gasteiger partial charge in [0.15, 0.2) is 0 Å². The van der Waals surface area contributed by atoms with Crippen LogP contribution in [0.25, 0.3) is 10.8 Å². The fraction of sp³-hybridized carbons (Fsp3) is 0.444. The molecule has 2 aromatic rings. The maximum atomic E-state index is 10.9. The van der Waals surface area contributed by atoms with Gasteiger partial charge in [-0.3, -0.25) is 10.1 Å². The SMILES string of the molecule is CC(OC(C[N+](=O)[O-])C(C)(C)C)c1ccc2ccccc2c1. The molecule has 4 heteroatoms. The molecule has 0 aliphatic rings. The normalized spacial score (nSPS) is 14.7. The number of fused-ring (bicyclic) bond motifs is 1. The molecule has 0 fully saturated rings. The van der Waals surface area contributed by atoms with Crippen molar-refractivity contribution in [1.82, 2.24) is 0 Å². The zero-order chi connectivity index (χ0) is 16.3. The van der Waals surface area contributed by atoms with Gasteiger partial charge in [0.25, 0.3) is 0 Å². The van der Waals surface area contributed by atoms with Crippen LogP contribution in [-0.2, 0) is 4.74 Å². The Kier molecular flexibility index (Phi) is 4.81. The fourth-order valence-electron chi connectivity index (χ4n) is 2.44. The van der Waals surface area contributed by atoms with Gasteiger partial charge in [-0.1, -0.05) is 57.2 Å². The van der Waals surface area contributed by atoms with Gasteiger partial charge in [-0.2, -0.15) is 0 Å². The molecule has 0 radical (unpaired) electrons. The van der Waals surface area contributed by atoms with E-state index in [2.05, 4.69) is 24.3 Å². The van der Waals surface area contributed by atoms with Gasteiger partial charge in [0, 0.05) is 4.92 Å². The number of nitro groups is 1. The summed E-state index contributed by atoms with van der Waals surface area (Å²) >= 11 is 0. The third-order valence-electron chi connectivity index (χ3n) is 3.89. The second-order valence-corrected chi connectivity index (χ2v) is 6.75. The Labute approximate surface area is 131 Å². The number of rotatable bonds is 5. The standard InChI is InChI=1S/C18H23NO3/c1-13(22-17(12-19(20)21)18(2,3)4)15-10-9-14-7-5-6-8-16(14)11-15/h5-11,13,17H,12H2,1-4H3. The van der Waals surface area contributed by atoms with Gasteiger partial charge in [-0.25, -0.2) is 0 Å². The lowest BCUT2D eigenvalue weighted by Gasteiger charge is -2.30. The molecule has 0 aromatic heterocycles. The molecule has 0 amide bonds. The smallest absolute Gasteiger partial charge is 0.230 e. The highest BCUT2D eigenvalue weighted by atomic mass is 16.6. The van der Waals surface area contributed by atoms with Crippen molar-refractivity contribution in [3.8, 4) is 0 Å². The van der Waals surface area contributed by atoms with Crippen LogP contribution in [0.4, 0.5) is 0 Å². The molecule has 118 valence electrons. The van der Waals surface area contributed by atoms with Crippen LogP contribution < -0.4 is 0 Å². The minimum Gasteiger partial charge on any atom is -0.363 e. The van der Waals surface area contributed by atoms with Gasteiger partial charge in [0.2, 0.25) is 6.54 Å². The first-order valence-corrected chi connectivity index (χ1v) is 7.53. The average Bonchev–Trinajstić information content (AvgIpc) is 2.44. The van der Waals surface area contributed by atoms with E-state index in [4.69, 9.17) is 4.74 Å². The van der Waals surface area contributed by atoms with Gasteiger partial charge in [-0.05, 0) is 34.7 Å². The Balaban J connectivity index is 2.20. The van der Waals surface area contributed by atoms with E-state index in [0.29, 0.717) is 0 Å². The lowest BCUT2D eigenvalue weighted by molar-refractivity contribution is -0.496. The highest BCUT2D eigenvalue weighted by Gasteiger charge is 2.31. The van der Waals surface area contributed by atoms with Gasteiger partial charge in [0.1, 0.15) is 6.10 Å². The molecule has 22 heavy (non-hydrogen) atoms. The Bertz CT molecular complexity index is 661. The third kappa shape index (κ3) is 4.04. The summed E-state index contributed by atoms with van der Waals surface area (Å²) in [5.41, 5.74) is 0.759. The highest BCUT2D eigenvalue weighted by Crippen LogP contribution is 2.29. The summed E-state index contributed by atoms with van der Waals surface area (Å²) in [4.78, 5) is 10.6. The Morgan fingerprint density at radius 2 is 1.77 bits per heavy atom. The summed E-state index contributed by atoms with van der Waals surface area (Å²) < 4.78 is 6.02. The second-order valence-electron chi connectivity index (χ2n) is 6.75. The van der Waals surface area contributed by atoms with Crippen LogP contribution in [0.3, 0.4) is 0 Å². The predicted molar refractivity (Wildman–Crippen MR) is 88.6 cm³/mol. The summed E-state index contributed by atoms with van der Waals surface area (Å²) in [5, 5.41) is 13.2. The van der Waals surface area contributed by atoms with Crippen LogP contribution in [-0.4, -0.2) is 17.6 Å². The molecule has 0 bridgehead atoms. The number of hydrogen-bond donors (Lipinski definition) is 0. The molecule has 2 unspecified atom stereocenters. The van der Waals surface area contributed by atoms with Crippen molar-refractivity contribution >= 4 is 10.8 Å². The van der Waals surface area contributed by atoms with Crippen molar-refractivity contribution < 1.29 is 9.66 Å². The lowest BCUT2D eigenvalue weighted by atomic mass is 9.88. The maximum Gasteiger partial charge on any atom is 0.230 e. The van der Waals surface area contributed by atoms with Gasteiger partial charge in [0.05, 0.1) is 6.10 Å². The third-order valence-corrected chi connectivity index (χ3v) is 3.89. The molecular weight excluding hydrogens is 278 g/mol. The predicted octanol–water partition coefficient (Wildman–Crippen LogP) is 4.61. The lowest BCUT2D eigenvalue weighted by Crippen LogP contribution is -2.36. The van der Waals surface area contributed by atoms with E-state index >= 15 is 0 Å².